The van der Waals surface area contributed by atoms with Crippen LogP contribution in [0.4, 0.5) is 5.82 Å². The maximum Gasteiger partial charge on any atom is 0.129 e. The number of anilines is 1. The molecule has 1 aromatic heterocycles. The van der Waals surface area contributed by atoms with Gasteiger partial charge < -0.3 is 15.4 Å². The van der Waals surface area contributed by atoms with Crippen molar-refractivity contribution in [2.24, 2.45) is 5.73 Å². The Bertz CT molecular complexity index is 358. The molecule has 0 aliphatic heterocycles. The van der Waals surface area contributed by atoms with Crippen molar-refractivity contribution >= 4 is 17.4 Å². The average molecular weight is 258 g/mol. The van der Waals surface area contributed by atoms with Crippen LogP contribution in [0.25, 0.3) is 0 Å². The first kappa shape index (κ1) is 14.2. The van der Waals surface area contributed by atoms with Crippen molar-refractivity contribution in [3.8, 4) is 0 Å². The minimum Gasteiger partial charge on any atom is -0.383 e. The second-order valence-electron chi connectivity index (χ2n) is 4.08. The van der Waals surface area contributed by atoms with E-state index in [2.05, 4.69) is 23.7 Å². The maximum atomic E-state index is 6.00. The van der Waals surface area contributed by atoms with Gasteiger partial charge in [0.15, 0.2) is 0 Å². The summed E-state index contributed by atoms with van der Waals surface area (Å²) < 4.78 is 5.10. The number of pyridine rings is 1. The SMILES string of the molecule is COCCN(c1ccc(Cl)c(CN)n1)C(C)C. The fourth-order valence-electron chi connectivity index (χ4n) is 1.60. The molecule has 0 aromatic carbocycles. The monoisotopic (exact) mass is 257 g/mol. The zero-order valence-electron chi connectivity index (χ0n) is 10.6. The number of rotatable bonds is 6. The molecule has 0 spiro atoms. The molecule has 0 aliphatic rings. The Morgan fingerprint density at radius 2 is 2.18 bits per heavy atom. The number of hydrogen-bond donors (Lipinski definition) is 1. The Kier molecular flexibility index (Phi) is 5.68. The van der Waals surface area contributed by atoms with Crippen molar-refractivity contribution in [3.05, 3.63) is 22.8 Å². The predicted octanol–water partition coefficient (Wildman–Crippen LogP) is 2.05. The second kappa shape index (κ2) is 6.79. The first-order chi connectivity index (χ1) is 8.10. The Hall–Kier alpha value is -0.840. The molecule has 0 amide bonds. The highest BCUT2D eigenvalue weighted by Crippen LogP contribution is 2.20. The van der Waals surface area contributed by atoms with Crippen LogP contribution in [0, 0.1) is 0 Å². The van der Waals surface area contributed by atoms with E-state index in [9.17, 15) is 0 Å². The number of hydrogen-bond acceptors (Lipinski definition) is 4. The fraction of sp³-hybridized carbons (Fsp3) is 0.583. The van der Waals surface area contributed by atoms with Gasteiger partial charge in [-0.25, -0.2) is 4.98 Å². The van der Waals surface area contributed by atoms with Crippen LogP contribution in [-0.2, 0) is 11.3 Å². The van der Waals surface area contributed by atoms with Gasteiger partial charge >= 0.3 is 0 Å². The van der Waals surface area contributed by atoms with Crippen molar-refractivity contribution < 1.29 is 4.74 Å². The van der Waals surface area contributed by atoms with Crippen LogP contribution in [0.2, 0.25) is 5.02 Å². The summed E-state index contributed by atoms with van der Waals surface area (Å²) in [5, 5.41) is 0.617. The van der Waals surface area contributed by atoms with E-state index in [1.807, 2.05) is 12.1 Å². The molecule has 96 valence electrons. The highest BCUT2D eigenvalue weighted by Gasteiger charge is 2.13. The molecular weight excluding hydrogens is 238 g/mol. The summed E-state index contributed by atoms with van der Waals surface area (Å²) in [5.74, 6) is 0.891. The molecule has 17 heavy (non-hydrogen) atoms. The predicted molar refractivity (Wildman–Crippen MR) is 71.5 cm³/mol. The largest absolute Gasteiger partial charge is 0.383 e. The van der Waals surface area contributed by atoms with Gasteiger partial charge in [-0.3, -0.25) is 0 Å². The van der Waals surface area contributed by atoms with Crippen molar-refractivity contribution in [2.45, 2.75) is 26.4 Å². The molecule has 2 N–H and O–H groups in total. The molecule has 0 saturated heterocycles. The lowest BCUT2D eigenvalue weighted by atomic mass is 10.3. The summed E-state index contributed by atoms with van der Waals surface area (Å²) in [5.41, 5.74) is 6.33. The first-order valence-corrected chi connectivity index (χ1v) is 6.09. The zero-order chi connectivity index (χ0) is 12.8. The van der Waals surface area contributed by atoms with Gasteiger partial charge in [0.2, 0.25) is 0 Å². The molecule has 0 saturated carbocycles. The standard InChI is InChI=1S/C12H20ClN3O/c1-9(2)16(6-7-17-3)12-5-4-10(13)11(8-14)15-12/h4-5,9H,6-8,14H2,1-3H3. The lowest BCUT2D eigenvalue weighted by molar-refractivity contribution is 0.203. The molecule has 0 fully saturated rings. The minimum absolute atomic E-state index is 0.350. The van der Waals surface area contributed by atoms with E-state index >= 15 is 0 Å². The van der Waals surface area contributed by atoms with E-state index in [0.717, 1.165) is 18.1 Å². The summed E-state index contributed by atoms with van der Waals surface area (Å²) in [6.07, 6.45) is 0. The fourth-order valence-corrected chi connectivity index (χ4v) is 1.79. The van der Waals surface area contributed by atoms with E-state index in [1.165, 1.54) is 0 Å². The van der Waals surface area contributed by atoms with Gasteiger partial charge in [0.25, 0.3) is 0 Å². The van der Waals surface area contributed by atoms with Gasteiger partial charge in [0.05, 0.1) is 17.3 Å². The molecule has 0 unspecified atom stereocenters. The normalized spacial score (nSPS) is 10.9. The van der Waals surface area contributed by atoms with Crippen LogP contribution < -0.4 is 10.6 Å². The van der Waals surface area contributed by atoms with Crippen LogP contribution in [0.3, 0.4) is 0 Å². The van der Waals surface area contributed by atoms with E-state index in [0.29, 0.717) is 24.2 Å². The molecular formula is C12H20ClN3O. The minimum atomic E-state index is 0.350. The summed E-state index contributed by atoms with van der Waals surface area (Å²) in [7, 11) is 1.69. The second-order valence-corrected chi connectivity index (χ2v) is 4.49. The topological polar surface area (TPSA) is 51.4 Å². The number of ether oxygens (including phenoxy) is 1. The van der Waals surface area contributed by atoms with E-state index < -0.39 is 0 Å². The van der Waals surface area contributed by atoms with E-state index in [1.54, 1.807) is 7.11 Å². The van der Waals surface area contributed by atoms with Gasteiger partial charge in [0.1, 0.15) is 5.82 Å². The number of halogens is 1. The van der Waals surface area contributed by atoms with Crippen LogP contribution >= 0.6 is 11.6 Å². The highest BCUT2D eigenvalue weighted by atomic mass is 35.5. The Labute approximate surface area is 108 Å². The molecule has 1 rings (SSSR count). The molecule has 4 nitrogen and oxygen atoms in total. The Balaban J connectivity index is 2.93. The van der Waals surface area contributed by atoms with Gasteiger partial charge in [-0.2, -0.15) is 0 Å². The summed E-state index contributed by atoms with van der Waals surface area (Å²) >= 11 is 6.00. The van der Waals surface area contributed by atoms with Gasteiger partial charge in [-0.1, -0.05) is 11.6 Å². The molecule has 1 aromatic rings. The number of nitrogens with two attached hydrogens (primary N) is 1. The van der Waals surface area contributed by atoms with Crippen molar-refractivity contribution in [2.75, 3.05) is 25.2 Å². The third-order valence-electron chi connectivity index (χ3n) is 2.55. The van der Waals surface area contributed by atoms with Gasteiger partial charge in [-0.05, 0) is 26.0 Å². The van der Waals surface area contributed by atoms with Crippen molar-refractivity contribution in [1.29, 1.82) is 0 Å². The molecule has 0 atom stereocenters. The molecule has 0 bridgehead atoms. The van der Waals surface area contributed by atoms with Crippen LogP contribution in [0.5, 0.6) is 0 Å². The summed E-state index contributed by atoms with van der Waals surface area (Å²) in [4.78, 5) is 6.64. The van der Waals surface area contributed by atoms with Crippen molar-refractivity contribution in [1.82, 2.24) is 4.98 Å². The van der Waals surface area contributed by atoms with E-state index in [4.69, 9.17) is 22.1 Å². The van der Waals surface area contributed by atoms with Crippen LogP contribution in [0.1, 0.15) is 19.5 Å². The quantitative estimate of drug-likeness (QED) is 0.848. The van der Waals surface area contributed by atoms with Crippen molar-refractivity contribution in [3.63, 3.8) is 0 Å². The van der Waals surface area contributed by atoms with Crippen LogP contribution in [0.15, 0.2) is 12.1 Å². The maximum absolute atomic E-state index is 6.00. The molecule has 5 heteroatoms. The lowest BCUT2D eigenvalue weighted by Crippen LogP contribution is -2.34. The van der Waals surface area contributed by atoms with Gasteiger partial charge in [0, 0.05) is 26.2 Å². The highest BCUT2D eigenvalue weighted by molar-refractivity contribution is 6.31. The molecule has 0 radical (unpaired) electrons. The van der Waals surface area contributed by atoms with Gasteiger partial charge in [-0.15, -0.1) is 0 Å². The summed E-state index contributed by atoms with van der Waals surface area (Å²) in [6.45, 7) is 6.05. The smallest absolute Gasteiger partial charge is 0.129 e. The third-order valence-corrected chi connectivity index (χ3v) is 2.90. The summed E-state index contributed by atoms with van der Waals surface area (Å²) in [6, 6.07) is 4.11. The number of aromatic nitrogens is 1. The number of methoxy groups -OCH3 is 1. The molecule has 1 heterocycles. The zero-order valence-corrected chi connectivity index (χ0v) is 11.4. The third kappa shape index (κ3) is 3.84. The molecule has 0 aliphatic carbocycles. The Morgan fingerprint density at radius 1 is 1.47 bits per heavy atom. The number of nitrogens with zero attached hydrogens (tertiary/aromatic N) is 2. The lowest BCUT2D eigenvalue weighted by Gasteiger charge is -2.28. The first-order valence-electron chi connectivity index (χ1n) is 5.71. The Morgan fingerprint density at radius 3 is 2.71 bits per heavy atom. The van der Waals surface area contributed by atoms with E-state index in [-0.39, 0.29) is 0 Å². The average Bonchev–Trinajstić information content (AvgIpc) is 2.31. The van der Waals surface area contributed by atoms with Crippen LogP contribution in [-0.4, -0.2) is 31.3 Å².